The fraction of sp³-hybridized carbons (Fsp3) is 0.571. The molecule has 3 nitrogen and oxygen atoms in total. The number of halogens is 3. The molecule has 0 saturated carbocycles. The molecule has 1 unspecified atom stereocenters. The van der Waals surface area contributed by atoms with Gasteiger partial charge in [0.15, 0.2) is 0 Å². The number of rotatable bonds is 7. The first kappa shape index (κ1) is 18.0. The molecule has 120 valence electrons. The summed E-state index contributed by atoms with van der Waals surface area (Å²) in [4.78, 5) is 0. The van der Waals surface area contributed by atoms with Crippen molar-refractivity contribution in [3.63, 3.8) is 0 Å². The van der Waals surface area contributed by atoms with Crippen molar-refractivity contribution < 1.29 is 26.7 Å². The number of hydrogen-bond acceptors (Lipinski definition) is 3. The van der Waals surface area contributed by atoms with E-state index in [-0.39, 0.29) is 24.3 Å². The molecule has 1 atom stereocenters. The van der Waals surface area contributed by atoms with E-state index >= 15 is 0 Å². The Bertz CT molecular complexity index is 553. The highest BCUT2D eigenvalue weighted by Gasteiger charge is 2.30. The van der Waals surface area contributed by atoms with Gasteiger partial charge in [-0.05, 0) is 30.9 Å². The lowest BCUT2D eigenvalue weighted by Crippen LogP contribution is -2.15. The van der Waals surface area contributed by atoms with Crippen LogP contribution in [0.25, 0.3) is 0 Å². The molecule has 0 aliphatic rings. The number of benzene rings is 1. The minimum absolute atomic E-state index is 0.0108. The summed E-state index contributed by atoms with van der Waals surface area (Å²) in [5.41, 5.74) is -0.364. The predicted octanol–water partition coefficient (Wildman–Crippen LogP) is 2.82. The highest BCUT2D eigenvalue weighted by molar-refractivity contribution is 7.91. The molecular formula is C14H19F3O3S. The molecule has 1 rings (SSSR count). The molecule has 0 spiro atoms. The van der Waals surface area contributed by atoms with E-state index in [1.165, 1.54) is 12.1 Å². The zero-order valence-electron chi connectivity index (χ0n) is 11.7. The summed E-state index contributed by atoms with van der Waals surface area (Å²) in [5, 5.41) is 9.79. The van der Waals surface area contributed by atoms with Gasteiger partial charge in [0.2, 0.25) is 0 Å². The van der Waals surface area contributed by atoms with Gasteiger partial charge in [-0.3, -0.25) is 0 Å². The van der Waals surface area contributed by atoms with E-state index in [2.05, 4.69) is 0 Å². The monoisotopic (exact) mass is 324 g/mol. The summed E-state index contributed by atoms with van der Waals surface area (Å²) >= 11 is 0. The van der Waals surface area contributed by atoms with E-state index in [0.717, 1.165) is 12.1 Å². The third-order valence-corrected chi connectivity index (χ3v) is 4.95. The van der Waals surface area contributed by atoms with Gasteiger partial charge in [0, 0.05) is 5.75 Å². The number of aliphatic hydroxyl groups excluding tert-OH is 1. The molecular weight excluding hydrogens is 305 g/mol. The molecule has 0 saturated heterocycles. The van der Waals surface area contributed by atoms with Crippen molar-refractivity contribution in [1.82, 2.24) is 0 Å². The van der Waals surface area contributed by atoms with Gasteiger partial charge in [-0.1, -0.05) is 25.1 Å². The van der Waals surface area contributed by atoms with Crippen LogP contribution in [0.2, 0.25) is 0 Å². The molecule has 0 heterocycles. The minimum Gasteiger partial charge on any atom is -0.393 e. The number of hydrogen-bond donors (Lipinski definition) is 1. The highest BCUT2D eigenvalue weighted by Crippen LogP contribution is 2.29. The van der Waals surface area contributed by atoms with Crippen molar-refractivity contribution in [1.29, 1.82) is 0 Å². The lowest BCUT2D eigenvalue weighted by molar-refractivity contribution is -0.137. The lowest BCUT2D eigenvalue weighted by atomic mass is 10.0. The van der Waals surface area contributed by atoms with Crippen LogP contribution in [0.15, 0.2) is 24.3 Å². The molecule has 1 aromatic rings. The SMILES string of the molecule is CCS(=O)(=O)CCCC(O)Cc1cccc(C(F)(F)F)c1. The van der Waals surface area contributed by atoms with E-state index in [9.17, 15) is 26.7 Å². The third kappa shape index (κ3) is 6.48. The largest absolute Gasteiger partial charge is 0.416 e. The van der Waals surface area contributed by atoms with Crippen molar-refractivity contribution in [3.8, 4) is 0 Å². The van der Waals surface area contributed by atoms with E-state index < -0.39 is 27.7 Å². The molecule has 7 heteroatoms. The van der Waals surface area contributed by atoms with Crippen LogP contribution in [-0.4, -0.2) is 31.1 Å². The zero-order valence-corrected chi connectivity index (χ0v) is 12.5. The van der Waals surface area contributed by atoms with Gasteiger partial charge in [-0.15, -0.1) is 0 Å². The van der Waals surface area contributed by atoms with Gasteiger partial charge < -0.3 is 5.11 Å². The van der Waals surface area contributed by atoms with Crippen LogP contribution in [0.4, 0.5) is 13.2 Å². The van der Waals surface area contributed by atoms with Gasteiger partial charge in [-0.25, -0.2) is 8.42 Å². The Labute approximate surface area is 122 Å². The molecule has 1 aromatic carbocycles. The van der Waals surface area contributed by atoms with Gasteiger partial charge in [0.05, 0.1) is 17.4 Å². The molecule has 0 aromatic heterocycles. The summed E-state index contributed by atoms with van der Waals surface area (Å²) in [5.74, 6) is 0.0415. The lowest BCUT2D eigenvalue weighted by Gasteiger charge is -2.12. The van der Waals surface area contributed by atoms with Crippen LogP contribution in [0.5, 0.6) is 0 Å². The van der Waals surface area contributed by atoms with Crippen molar-refractivity contribution in [3.05, 3.63) is 35.4 Å². The van der Waals surface area contributed by atoms with Crippen LogP contribution < -0.4 is 0 Å². The molecule has 0 aliphatic heterocycles. The first-order valence-corrected chi connectivity index (χ1v) is 8.51. The first-order chi connectivity index (χ1) is 9.64. The van der Waals surface area contributed by atoms with Crippen molar-refractivity contribution in [2.75, 3.05) is 11.5 Å². The normalized spacial score (nSPS) is 14.1. The fourth-order valence-electron chi connectivity index (χ4n) is 1.93. The maximum Gasteiger partial charge on any atom is 0.416 e. The quantitative estimate of drug-likeness (QED) is 0.839. The average Bonchev–Trinajstić information content (AvgIpc) is 2.38. The summed E-state index contributed by atoms with van der Waals surface area (Å²) < 4.78 is 60.2. The highest BCUT2D eigenvalue weighted by atomic mass is 32.2. The Kier molecular flexibility index (Phi) is 6.22. The third-order valence-electron chi connectivity index (χ3n) is 3.16. The van der Waals surface area contributed by atoms with Crippen molar-refractivity contribution >= 4 is 9.84 Å². The van der Waals surface area contributed by atoms with E-state index in [1.807, 2.05) is 0 Å². The van der Waals surface area contributed by atoms with Gasteiger partial charge in [0.25, 0.3) is 0 Å². The Morgan fingerprint density at radius 2 is 1.95 bits per heavy atom. The molecule has 1 N–H and O–H groups in total. The number of alkyl halides is 3. The molecule has 0 bridgehead atoms. The molecule has 0 radical (unpaired) electrons. The number of sulfone groups is 1. The van der Waals surface area contributed by atoms with Gasteiger partial charge in [-0.2, -0.15) is 13.2 Å². The average molecular weight is 324 g/mol. The topological polar surface area (TPSA) is 54.4 Å². The summed E-state index contributed by atoms with van der Waals surface area (Å²) in [7, 11) is -3.07. The fourth-order valence-corrected chi connectivity index (χ4v) is 2.83. The predicted molar refractivity (Wildman–Crippen MR) is 74.7 cm³/mol. The Balaban J connectivity index is 2.54. The molecule has 21 heavy (non-hydrogen) atoms. The standard InChI is InChI=1S/C14H19F3O3S/c1-2-21(19,20)8-4-7-13(18)10-11-5-3-6-12(9-11)14(15,16)17/h3,5-6,9,13,18H,2,4,7-8,10H2,1H3. The van der Waals surface area contributed by atoms with Crippen LogP contribution >= 0.6 is 0 Å². The second kappa shape index (κ2) is 7.26. The Morgan fingerprint density at radius 1 is 1.29 bits per heavy atom. The van der Waals surface area contributed by atoms with Crippen LogP contribution in [-0.2, 0) is 22.4 Å². The maximum absolute atomic E-state index is 12.5. The van der Waals surface area contributed by atoms with Crippen molar-refractivity contribution in [2.24, 2.45) is 0 Å². The molecule has 0 amide bonds. The Morgan fingerprint density at radius 3 is 2.52 bits per heavy atom. The summed E-state index contributed by atoms with van der Waals surface area (Å²) in [6.07, 6.45) is -4.63. The zero-order chi connectivity index (χ0) is 16.1. The molecule has 0 fully saturated rings. The Hall–Kier alpha value is -1.08. The van der Waals surface area contributed by atoms with Crippen LogP contribution in [0, 0.1) is 0 Å². The maximum atomic E-state index is 12.5. The second-order valence-corrected chi connectivity index (χ2v) is 7.41. The van der Waals surface area contributed by atoms with Crippen molar-refractivity contribution in [2.45, 2.75) is 38.5 Å². The summed E-state index contributed by atoms with van der Waals surface area (Å²) in [6, 6.07) is 4.80. The van der Waals surface area contributed by atoms with E-state index in [0.29, 0.717) is 12.0 Å². The van der Waals surface area contributed by atoms with Crippen LogP contribution in [0.3, 0.4) is 0 Å². The first-order valence-electron chi connectivity index (χ1n) is 6.68. The summed E-state index contributed by atoms with van der Waals surface area (Å²) in [6.45, 7) is 1.55. The van der Waals surface area contributed by atoms with Crippen LogP contribution in [0.1, 0.15) is 30.9 Å². The smallest absolute Gasteiger partial charge is 0.393 e. The molecule has 0 aliphatic carbocycles. The van der Waals surface area contributed by atoms with E-state index in [1.54, 1.807) is 6.92 Å². The second-order valence-electron chi connectivity index (χ2n) is 4.93. The van der Waals surface area contributed by atoms with Gasteiger partial charge >= 0.3 is 6.18 Å². The van der Waals surface area contributed by atoms with Gasteiger partial charge in [0.1, 0.15) is 9.84 Å². The number of aliphatic hydroxyl groups is 1. The van der Waals surface area contributed by atoms with E-state index in [4.69, 9.17) is 0 Å². The minimum atomic E-state index is -4.41.